The van der Waals surface area contributed by atoms with Crippen LogP contribution in [0.1, 0.15) is 16.7 Å². The van der Waals surface area contributed by atoms with Gasteiger partial charge in [0.2, 0.25) is 0 Å². The third-order valence-electron chi connectivity index (χ3n) is 2.14. The number of hydrogen-bond donors (Lipinski definition) is 1. The molecule has 0 N–H and O–H groups in total. The molecule has 0 aliphatic heterocycles. The fourth-order valence-corrected chi connectivity index (χ4v) is 2.09. The second-order valence-corrected chi connectivity index (χ2v) is 3.88. The van der Waals surface area contributed by atoms with Gasteiger partial charge in [0.05, 0.1) is 25.2 Å². The summed E-state index contributed by atoms with van der Waals surface area (Å²) < 4.78 is 4.58. The Bertz CT molecular complexity index is 454. The Balaban J connectivity index is 3.19. The van der Waals surface area contributed by atoms with E-state index in [2.05, 4.69) is 17.4 Å². The summed E-state index contributed by atoms with van der Waals surface area (Å²) in [5.74, 6) is -0.120. The van der Waals surface area contributed by atoms with Gasteiger partial charge in [0.25, 0.3) is 0 Å². The maximum absolute atomic E-state index is 11.2. The SMILES string of the molecule is COC(=O)Cc1cc(C#N)cc(S)c1CCl. The van der Waals surface area contributed by atoms with Crippen molar-refractivity contribution in [1.82, 2.24) is 0 Å². The summed E-state index contributed by atoms with van der Waals surface area (Å²) in [6, 6.07) is 5.27. The number of ether oxygens (including phenoxy) is 1. The molecular formula is C11H10ClNO2S. The summed E-state index contributed by atoms with van der Waals surface area (Å²) in [7, 11) is 1.32. The van der Waals surface area contributed by atoms with E-state index < -0.39 is 0 Å². The molecule has 16 heavy (non-hydrogen) atoms. The molecule has 0 atom stereocenters. The number of rotatable bonds is 3. The molecule has 0 aromatic heterocycles. The first-order valence-corrected chi connectivity index (χ1v) is 5.48. The van der Waals surface area contributed by atoms with Crippen molar-refractivity contribution >= 4 is 30.2 Å². The number of esters is 1. The minimum absolute atomic E-state index is 0.0988. The van der Waals surface area contributed by atoms with E-state index in [-0.39, 0.29) is 18.3 Å². The van der Waals surface area contributed by atoms with E-state index in [1.54, 1.807) is 12.1 Å². The van der Waals surface area contributed by atoms with Crippen LogP contribution in [0.4, 0.5) is 0 Å². The van der Waals surface area contributed by atoms with Crippen LogP contribution in [0.5, 0.6) is 0 Å². The van der Waals surface area contributed by atoms with Crippen molar-refractivity contribution < 1.29 is 9.53 Å². The quantitative estimate of drug-likeness (QED) is 0.512. The van der Waals surface area contributed by atoms with E-state index in [0.29, 0.717) is 16.0 Å². The van der Waals surface area contributed by atoms with Gasteiger partial charge in [-0.15, -0.1) is 24.2 Å². The molecule has 0 aliphatic carbocycles. The highest BCUT2D eigenvalue weighted by Gasteiger charge is 2.12. The first kappa shape index (κ1) is 12.9. The molecule has 0 amide bonds. The summed E-state index contributed by atoms with van der Waals surface area (Å²) in [5, 5.41) is 8.81. The normalized spacial score (nSPS) is 9.62. The van der Waals surface area contributed by atoms with Crippen LogP contribution >= 0.6 is 24.2 Å². The van der Waals surface area contributed by atoms with E-state index >= 15 is 0 Å². The molecule has 0 aliphatic rings. The second-order valence-electron chi connectivity index (χ2n) is 3.13. The number of carbonyl (C=O) groups is 1. The number of thiol groups is 1. The Labute approximate surface area is 104 Å². The van der Waals surface area contributed by atoms with Crippen LogP contribution in [-0.4, -0.2) is 13.1 Å². The van der Waals surface area contributed by atoms with Crippen LogP contribution < -0.4 is 0 Å². The maximum atomic E-state index is 11.2. The molecule has 0 radical (unpaired) electrons. The third kappa shape index (κ3) is 2.91. The summed E-state index contributed by atoms with van der Waals surface area (Å²) in [5.41, 5.74) is 1.90. The molecule has 0 bridgehead atoms. The van der Waals surface area contributed by atoms with Crippen LogP contribution in [0.3, 0.4) is 0 Å². The van der Waals surface area contributed by atoms with Crippen LogP contribution in [0.25, 0.3) is 0 Å². The Kier molecular flexibility index (Phi) is 4.66. The van der Waals surface area contributed by atoms with Crippen molar-refractivity contribution in [3.05, 3.63) is 28.8 Å². The van der Waals surface area contributed by atoms with Gasteiger partial charge in [-0.05, 0) is 23.3 Å². The van der Waals surface area contributed by atoms with Crippen LogP contribution in [0.15, 0.2) is 17.0 Å². The average molecular weight is 256 g/mol. The van der Waals surface area contributed by atoms with E-state index in [0.717, 1.165) is 5.56 Å². The maximum Gasteiger partial charge on any atom is 0.309 e. The molecule has 0 fully saturated rings. The lowest BCUT2D eigenvalue weighted by atomic mass is 10.0. The van der Waals surface area contributed by atoms with Crippen LogP contribution in [-0.2, 0) is 21.8 Å². The van der Waals surface area contributed by atoms with Crippen molar-refractivity contribution in [2.45, 2.75) is 17.2 Å². The Morgan fingerprint density at radius 3 is 2.81 bits per heavy atom. The van der Waals surface area contributed by atoms with E-state index in [1.807, 2.05) is 6.07 Å². The van der Waals surface area contributed by atoms with Crippen molar-refractivity contribution in [3.63, 3.8) is 0 Å². The van der Waals surface area contributed by atoms with Gasteiger partial charge in [0.15, 0.2) is 0 Å². The Morgan fingerprint density at radius 2 is 2.31 bits per heavy atom. The predicted octanol–water partition coefficient (Wildman–Crippen LogP) is 2.30. The molecule has 5 heteroatoms. The number of nitriles is 1. The number of hydrogen-bond acceptors (Lipinski definition) is 4. The zero-order chi connectivity index (χ0) is 12.1. The first-order chi connectivity index (χ1) is 7.62. The molecule has 84 valence electrons. The largest absolute Gasteiger partial charge is 0.469 e. The molecule has 0 saturated carbocycles. The van der Waals surface area contributed by atoms with Gasteiger partial charge < -0.3 is 4.74 Å². The molecule has 0 unspecified atom stereocenters. The van der Waals surface area contributed by atoms with Gasteiger partial charge in [-0.1, -0.05) is 0 Å². The van der Waals surface area contributed by atoms with Gasteiger partial charge >= 0.3 is 5.97 Å². The second kappa shape index (κ2) is 5.78. The highest BCUT2D eigenvalue weighted by molar-refractivity contribution is 7.80. The lowest BCUT2D eigenvalue weighted by Gasteiger charge is -2.09. The van der Waals surface area contributed by atoms with Gasteiger partial charge in [0, 0.05) is 10.8 Å². The first-order valence-electron chi connectivity index (χ1n) is 4.50. The van der Waals surface area contributed by atoms with Gasteiger partial charge in [-0.25, -0.2) is 0 Å². The van der Waals surface area contributed by atoms with Gasteiger partial charge in [0.1, 0.15) is 0 Å². The molecule has 1 rings (SSSR count). The van der Waals surface area contributed by atoms with Crippen molar-refractivity contribution in [2.75, 3.05) is 7.11 Å². The molecule has 0 saturated heterocycles. The minimum atomic E-state index is -0.366. The third-order valence-corrected chi connectivity index (χ3v) is 2.81. The zero-order valence-electron chi connectivity index (χ0n) is 8.66. The number of alkyl halides is 1. The standard InChI is InChI=1S/C11H10ClNO2S/c1-15-11(14)4-8-2-7(6-13)3-10(16)9(8)5-12/h2-3,16H,4-5H2,1H3. The highest BCUT2D eigenvalue weighted by Crippen LogP contribution is 2.23. The zero-order valence-corrected chi connectivity index (χ0v) is 10.3. The van der Waals surface area contributed by atoms with E-state index in [9.17, 15) is 4.79 Å². The predicted molar refractivity (Wildman–Crippen MR) is 63.7 cm³/mol. The Morgan fingerprint density at radius 1 is 1.62 bits per heavy atom. The molecule has 1 aromatic carbocycles. The van der Waals surface area contributed by atoms with Crippen molar-refractivity contribution in [1.29, 1.82) is 5.26 Å². The number of methoxy groups -OCH3 is 1. The van der Waals surface area contributed by atoms with E-state index in [1.165, 1.54) is 7.11 Å². The molecule has 3 nitrogen and oxygen atoms in total. The average Bonchev–Trinajstić information content (AvgIpc) is 2.28. The van der Waals surface area contributed by atoms with Crippen molar-refractivity contribution in [2.24, 2.45) is 0 Å². The number of carbonyl (C=O) groups excluding carboxylic acids is 1. The highest BCUT2D eigenvalue weighted by atomic mass is 35.5. The Hall–Kier alpha value is -1.18. The minimum Gasteiger partial charge on any atom is -0.469 e. The summed E-state index contributed by atoms with van der Waals surface area (Å²) in [6.07, 6.45) is 0.0988. The lowest BCUT2D eigenvalue weighted by Crippen LogP contribution is -2.07. The van der Waals surface area contributed by atoms with E-state index in [4.69, 9.17) is 16.9 Å². The summed E-state index contributed by atoms with van der Waals surface area (Å²) in [6.45, 7) is 0. The topological polar surface area (TPSA) is 50.1 Å². The summed E-state index contributed by atoms with van der Waals surface area (Å²) in [4.78, 5) is 11.8. The number of nitrogens with zero attached hydrogens (tertiary/aromatic N) is 1. The van der Waals surface area contributed by atoms with Gasteiger partial charge in [-0.2, -0.15) is 5.26 Å². The van der Waals surface area contributed by atoms with Gasteiger partial charge in [-0.3, -0.25) is 4.79 Å². The fourth-order valence-electron chi connectivity index (χ4n) is 1.32. The smallest absolute Gasteiger partial charge is 0.309 e. The fraction of sp³-hybridized carbons (Fsp3) is 0.273. The van der Waals surface area contributed by atoms with Crippen LogP contribution in [0, 0.1) is 11.3 Å². The number of benzene rings is 1. The van der Waals surface area contributed by atoms with Crippen LogP contribution in [0.2, 0.25) is 0 Å². The molecule has 1 aromatic rings. The molecule has 0 spiro atoms. The van der Waals surface area contributed by atoms with Crippen molar-refractivity contribution in [3.8, 4) is 6.07 Å². The summed E-state index contributed by atoms with van der Waals surface area (Å²) >= 11 is 10.0. The monoisotopic (exact) mass is 255 g/mol. The lowest BCUT2D eigenvalue weighted by molar-refractivity contribution is -0.139. The number of halogens is 1. The molecule has 0 heterocycles. The molecular weight excluding hydrogens is 246 g/mol.